The number of benzene rings is 1. The van der Waals surface area contributed by atoms with Crippen molar-refractivity contribution in [3.63, 3.8) is 0 Å². The summed E-state index contributed by atoms with van der Waals surface area (Å²) in [7, 11) is 0. The highest BCUT2D eigenvalue weighted by molar-refractivity contribution is 5.68. The molecule has 6 nitrogen and oxygen atoms in total. The summed E-state index contributed by atoms with van der Waals surface area (Å²) in [5.74, 6) is 0.836. The first-order chi connectivity index (χ1) is 14.2. The van der Waals surface area contributed by atoms with Crippen LogP contribution in [0.4, 0.5) is 4.79 Å². The van der Waals surface area contributed by atoms with Crippen LogP contribution in [0.15, 0.2) is 24.3 Å². The van der Waals surface area contributed by atoms with Crippen molar-refractivity contribution < 1.29 is 19.4 Å². The van der Waals surface area contributed by atoms with Crippen molar-refractivity contribution in [1.82, 2.24) is 9.80 Å². The van der Waals surface area contributed by atoms with Crippen LogP contribution in [0.3, 0.4) is 0 Å². The van der Waals surface area contributed by atoms with E-state index in [1.54, 1.807) is 4.90 Å². The lowest BCUT2D eigenvalue weighted by molar-refractivity contribution is -0.0356. The van der Waals surface area contributed by atoms with Crippen LogP contribution in [0, 0.1) is 0 Å². The van der Waals surface area contributed by atoms with Gasteiger partial charge in [-0.1, -0.05) is 12.1 Å². The van der Waals surface area contributed by atoms with E-state index in [2.05, 4.69) is 11.8 Å². The van der Waals surface area contributed by atoms with Crippen LogP contribution in [0.2, 0.25) is 0 Å². The van der Waals surface area contributed by atoms with Crippen molar-refractivity contribution in [2.75, 3.05) is 32.8 Å². The van der Waals surface area contributed by atoms with E-state index in [1.807, 2.05) is 45.0 Å². The molecule has 6 heteroatoms. The molecule has 1 amide bonds. The van der Waals surface area contributed by atoms with Crippen LogP contribution in [0.1, 0.15) is 65.4 Å². The number of likely N-dealkylation sites (tertiary alicyclic amines) is 2. The zero-order valence-corrected chi connectivity index (χ0v) is 19.0. The van der Waals surface area contributed by atoms with E-state index >= 15 is 0 Å². The molecule has 0 aromatic heterocycles. The predicted octanol–water partition coefficient (Wildman–Crippen LogP) is 4.16. The normalized spacial score (nSPS) is 22.2. The van der Waals surface area contributed by atoms with Crippen LogP contribution in [0.25, 0.3) is 0 Å². The van der Waals surface area contributed by atoms with Crippen LogP contribution < -0.4 is 4.74 Å². The largest absolute Gasteiger partial charge is 0.494 e. The molecule has 2 fully saturated rings. The van der Waals surface area contributed by atoms with Crippen LogP contribution in [0.5, 0.6) is 5.75 Å². The van der Waals surface area contributed by atoms with E-state index in [-0.39, 0.29) is 6.09 Å². The van der Waals surface area contributed by atoms with Crippen molar-refractivity contribution in [1.29, 1.82) is 0 Å². The van der Waals surface area contributed by atoms with Crippen molar-refractivity contribution in [3.05, 3.63) is 29.8 Å². The van der Waals surface area contributed by atoms with Gasteiger partial charge in [0, 0.05) is 25.7 Å². The van der Waals surface area contributed by atoms with Gasteiger partial charge < -0.3 is 24.4 Å². The van der Waals surface area contributed by atoms with E-state index in [4.69, 9.17) is 9.47 Å². The highest BCUT2D eigenvalue weighted by Gasteiger charge is 2.36. The summed E-state index contributed by atoms with van der Waals surface area (Å²) in [6, 6.07) is 8.46. The summed E-state index contributed by atoms with van der Waals surface area (Å²) in [5, 5.41) is 11.1. The Morgan fingerprint density at radius 1 is 1.17 bits per heavy atom. The summed E-state index contributed by atoms with van der Waals surface area (Å²) >= 11 is 0. The molecule has 0 saturated carbocycles. The molecule has 2 aliphatic rings. The summed E-state index contributed by atoms with van der Waals surface area (Å²) in [4.78, 5) is 16.4. The van der Waals surface area contributed by atoms with E-state index in [0.29, 0.717) is 38.6 Å². The standard InChI is InChI=1S/C24H38N2O4/c1-19-7-5-14-25(19)15-6-18-29-21-10-8-20(9-11-21)24(28)12-16-26(17-13-24)22(27)30-23(2,3)4/h8-11,19,28H,5-7,12-18H2,1-4H3/t19-/m1/s1. The first kappa shape index (κ1) is 22.9. The third-order valence-electron chi connectivity index (χ3n) is 6.18. The molecule has 0 spiro atoms. The van der Waals surface area contributed by atoms with E-state index in [9.17, 15) is 9.90 Å². The second-order valence-electron chi connectivity index (χ2n) is 9.75. The monoisotopic (exact) mass is 418 g/mol. The zero-order valence-electron chi connectivity index (χ0n) is 19.0. The van der Waals surface area contributed by atoms with Gasteiger partial charge in [0.2, 0.25) is 0 Å². The molecule has 1 aromatic rings. The summed E-state index contributed by atoms with van der Waals surface area (Å²) in [6.45, 7) is 11.9. The Balaban J connectivity index is 1.44. The van der Waals surface area contributed by atoms with Gasteiger partial charge in [0.15, 0.2) is 0 Å². The Kier molecular flexibility index (Phi) is 7.30. The summed E-state index contributed by atoms with van der Waals surface area (Å²) < 4.78 is 11.3. The number of hydrogen-bond donors (Lipinski definition) is 1. The van der Waals surface area contributed by atoms with E-state index < -0.39 is 11.2 Å². The molecule has 1 N–H and O–H groups in total. The Morgan fingerprint density at radius 3 is 2.40 bits per heavy atom. The van der Waals surface area contributed by atoms with Gasteiger partial charge in [-0.15, -0.1) is 0 Å². The SMILES string of the molecule is C[C@@H]1CCCN1CCCOc1ccc(C2(O)CCN(C(=O)OC(C)(C)C)CC2)cc1. The first-order valence-electron chi connectivity index (χ1n) is 11.3. The minimum absolute atomic E-state index is 0.309. The average Bonchev–Trinajstić information content (AvgIpc) is 3.09. The number of nitrogens with zero attached hydrogens (tertiary/aromatic N) is 2. The van der Waals surface area contributed by atoms with Crippen molar-refractivity contribution in [2.45, 2.75) is 77.0 Å². The molecule has 0 unspecified atom stereocenters. The number of ether oxygens (including phenoxy) is 2. The highest BCUT2D eigenvalue weighted by atomic mass is 16.6. The molecule has 0 aliphatic carbocycles. The minimum atomic E-state index is -0.914. The Bertz CT molecular complexity index is 690. The fraction of sp³-hybridized carbons (Fsp3) is 0.708. The quantitative estimate of drug-likeness (QED) is 0.703. The smallest absolute Gasteiger partial charge is 0.410 e. The molecule has 1 atom stereocenters. The fourth-order valence-corrected chi connectivity index (χ4v) is 4.32. The Morgan fingerprint density at radius 2 is 1.83 bits per heavy atom. The van der Waals surface area contributed by atoms with Gasteiger partial charge in [0.1, 0.15) is 11.4 Å². The highest BCUT2D eigenvalue weighted by Crippen LogP contribution is 2.34. The van der Waals surface area contributed by atoms with Gasteiger partial charge >= 0.3 is 6.09 Å². The lowest BCUT2D eigenvalue weighted by Gasteiger charge is -2.39. The number of rotatable bonds is 6. The van der Waals surface area contributed by atoms with Gasteiger partial charge in [0.05, 0.1) is 12.2 Å². The van der Waals surface area contributed by atoms with E-state index in [1.165, 1.54) is 19.4 Å². The molecular formula is C24H38N2O4. The molecule has 2 aliphatic heterocycles. The maximum Gasteiger partial charge on any atom is 0.410 e. The topological polar surface area (TPSA) is 62.2 Å². The molecule has 0 bridgehead atoms. The third kappa shape index (κ3) is 6.11. The molecule has 3 rings (SSSR count). The van der Waals surface area contributed by atoms with Crippen LogP contribution in [-0.2, 0) is 10.3 Å². The first-order valence-corrected chi connectivity index (χ1v) is 11.3. The second-order valence-corrected chi connectivity index (χ2v) is 9.75. The van der Waals surface area contributed by atoms with Crippen molar-refractivity contribution in [3.8, 4) is 5.75 Å². The average molecular weight is 419 g/mol. The molecule has 30 heavy (non-hydrogen) atoms. The number of carbonyl (C=O) groups excluding carboxylic acids is 1. The molecule has 1 aromatic carbocycles. The number of amides is 1. The minimum Gasteiger partial charge on any atom is -0.494 e. The molecule has 2 saturated heterocycles. The maximum atomic E-state index is 12.2. The predicted molar refractivity (Wildman–Crippen MR) is 118 cm³/mol. The van der Waals surface area contributed by atoms with Crippen molar-refractivity contribution >= 4 is 6.09 Å². The van der Waals surface area contributed by atoms with Gasteiger partial charge in [-0.05, 0) is 84.0 Å². The maximum absolute atomic E-state index is 12.2. The van der Waals surface area contributed by atoms with E-state index in [0.717, 1.165) is 24.3 Å². The lowest BCUT2D eigenvalue weighted by atomic mass is 9.84. The van der Waals surface area contributed by atoms with Crippen LogP contribution in [-0.4, -0.2) is 65.4 Å². The number of hydrogen-bond acceptors (Lipinski definition) is 5. The van der Waals surface area contributed by atoms with Gasteiger partial charge in [-0.2, -0.15) is 0 Å². The summed E-state index contributed by atoms with van der Waals surface area (Å²) in [5.41, 5.74) is -0.541. The lowest BCUT2D eigenvalue weighted by Crippen LogP contribution is -2.46. The second kappa shape index (κ2) is 9.56. The number of carbonyl (C=O) groups is 1. The Hall–Kier alpha value is -1.79. The molecular weight excluding hydrogens is 380 g/mol. The molecule has 0 radical (unpaired) electrons. The third-order valence-corrected chi connectivity index (χ3v) is 6.18. The summed E-state index contributed by atoms with van der Waals surface area (Å²) in [6.07, 6.45) is 4.33. The molecule has 2 heterocycles. The van der Waals surface area contributed by atoms with Crippen LogP contribution >= 0.6 is 0 Å². The molecule has 168 valence electrons. The van der Waals surface area contributed by atoms with Gasteiger partial charge in [-0.25, -0.2) is 4.79 Å². The van der Waals surface area contributed by atoms with Crippen molar-refractivity contribution in [2.24, 2.45) is 0 Å². The Labute approximate surface area is 181 Å². The zero-order chi connectivity index (χ0) is 21.8. The number of piperidine rings is 1. The number of aliphatic hydroxyl groups is 1. The fourth-order valence-electron chi connectivity index (χ4n) is 4.32. The van der Waals surface area contributed by atoms with Gasteiger partial charge in [-0.3, -0.25) is 0 Å². The van der Waals surface area contributed by atoms with Gasteiger partial charge in [0.25, 0.3) is 0 Å².